The van der Waals surface area contributed by atoms with Gasteiger partial charge in [-0.3, -0.25) is 0 Å². The second kappa shape index (κ2) is 6.11. The molecule has 1 aliphatic rings. The molecule has 0 radical (unpaired) electrons. The Morgan fingerprint density at radius 2 is 1.96 bits per heavy atom. The summed E-state index contributed by atoms with van der Waals surface area (Å²) in [6.07, 6.45) is 6.55. The highest BCUT2D eigenvalue weighted by molar-refractivity contribution is 8.03. The number of hydrogen-bond donors (Lipinski definition) is 0. The maximum absolute atomic E-state index is 2.27. The molecule has 0 aliphatic carbocycles. The van der Waals surface area contributed by atoms with E-state index >= 15 is 0 Å². The molecule has 0 atom stereocenters. The van der Waals surface area contributed by atoms with Gasteiger partial charge in [0.15, 0.2) is 0 Å². The second-order valence-corrected chi connectivity index (χ2v) is 8.09. The van der Waals surface area contributed by atoms with E-state index in [1.165, 1.54) is 36.4 Å². The Morgan fingerprint density at radius 1 is 1.12 bits per heavy atom. The highest BCUT2D eigenvalue weighted by Crippen LogP contribution is 2.45. The zero-order valence-corrected chi connectivity index (χ0v) is 15.6. The van der Waals surface area contributed by atoms with E-state index in [0.29, 0.717) is 0 Å². The lowest BCUT2D eigenvalue weighted by Crippen LogP contribution is -2.28. The standard InChI is InChI=1S/C20H19N2S2/c1-14-11-12-18-16(13-14)22(3)20(24-18)10-6-9-19-21(2)15-7-4-5-8-17(15)23-19/h4-13H,1-3H3/q+1. The van der Waals surface area contributed by atoms with Crippen LogP contribution in [0.2, 0.25) is 0 Å². The number of thiazole rings is 1. The predicted molar refractivity (Wildman–Crippen MR) is 106 cm³/mol. The third-order valence-corrected chi connectivity index (χ3v) is 6.64. The Balaban J connectivity index is 1.61. The fraction of sp³-hybridized carbons (Fsp3) is 0.150. The number of hydrogen-bond acceptors (Lipinski definition) is 3. The number of nitrogens with zero attached hydrogens (tertiary/aromatic N) is 2. The lowest BCUT2D eigenvalue weighted by Gasteiger charge is -2.13. The van der Waals surface area contributed by atoms with Crippen molar-refractivity contribution >= 4 is 45.1 Å². The minimum Gasteiger partial charge on any atom is -0.338 e. The average Bonchev–Trinajstić information content (AvgIpc) is 3.07. The number of fused-ring (bicyclic) bond motifs is 2. The van der Waals surface area contributed by atoms with Gasteiger partial charge in [0.05, 0.1) is 10.7 Å². The van der Waals surface area contributed by atoms with Crippen LogP contribution in [0.5, 0.6) is 0 Å². The highest BCUT2D eigenvalue weighted by atomic mass is 32.2. The molecule has 120 valence electrons. The third kappa shape index (κ3) is 2.66. The normalized spacial score (nSPS) is 15.8. The molecule has 2 heterocycles. The van der Waals surface area contributed by atoms with Crippen molar-refractivity contribution in [2.75, 3.05) is 11.9 Å². The first-order valence-electron chi connectivity index (χ1n) is 7.91. The zero-order valence-electron chi connectivity index (χ0n) is 14.0. The van der Waals surface area contributed by atoms with Crippen LogP contribution >= 0.6 is 23.1 Å². The summed E-state index contributed by atoms with van der Waals surface area (Å²) in [5.74, 6) is 0. The minimum atomic E-state index is 1.26. The maximum Gasteiger partial charge on any atom is 0.262 e. The lowest BCUT2D eigenvalue weighted by atomic mass is 10.2. The van der Waals surface area contributed by atoms with Crippen molar-refractivity contribution in [1.29, 1.82) is 0 Å². The average molecular weight is 352 g/mol. The Morgan fingerprint density at radius 3 is 2.79 bits per heavy atom. The third-order valence-electron chi connectivity index (χ3n) is 4.27. The molecule has 4 heteroatoms. The monoisotopic (exact) mass is 351 g/mol. The van der Waals surface area contributed by atoms with Gasteiger partial charge in [-0.2, -0.15) is 4.57 Å². The molecule has 2 aromatic carbocycles. The zero-order chi connectivity index (χ0) is 16.7. The van der Waals surface area contributed by atoms with E-state index in [4.69, 9.17) is 0 Å². The van der Waals surface area contributed by atoms with Gasteiger partial charge >= 0.3 is 0 Å². The maximum atomic E-state index is 2.27. The summed E-state index contributed by atoms with van der Waals surface area (Å²) >= 11 is 3.65. The van der Waals surface area contributed by atoms with Crippen LogP contribution in [0, 0.1) is 6.92 Å². The van der Waals surface area contributed by atoms with Crippen molar-refractivity contribution in [3.63, 3.8) is 0 Å². The number of aryl methyl sites for hydroxylation is 2. The molecule has 0 bridgehead atoms. The van der Waals surface area contributed by atoms with E-state index in [9.17, 15) is 0 Å². The van der Waals surface area contributed by atoms with Crippen LogP contribution in [0.3, 0.4) is 0 Å². The molecule has 0 N–H and O–H groups in total. The number of rotatable bonds is 2. The number of anilines is 1. The van der Waals surface area contributed by atoms with Gasteiger partial charge in [0.25, 0.3) is 5.01 Å². The molecule has 0 amide bonds. The Hall–Kier alpha value is -2.04. The summed E-state index contributed by atoms with van der Waals surface area (Å²) in [7, 11) is 4.26. The molecule has 1 aromatic heterocycles. The van der Waals surface area contributed by atoms with Gasteiger partial charge < -0.3 is 4.90 Å². The summed E-state index contributed by atoms with van der Waals surface area (Å²) in [6.45, 7) is 2.14. The fourth-order valence-corrected chi connectivity index (χ4v) is 5.01. The van der Waals surface area contributed by atoms with Crippen molar-refractivity contribution in [1.82, 2.24) is 0 Å². The molecule has 4 rings (SSSR count). The van der Waals surface area contributed by atoms with Gasteiger partial charge in [0.2, 0.25) is 5.52 Å². The minimum absolute atomic E-state index is 1.26. The van der Waals surface area contributed by atoms with Gasteiger partial charge in [-0.25, -0.2) is 0 Å². The molecular formula is C20H19N2S2+. The molecular weight excluding hydrogens is 332 g/mol. The number of benzene rings is 2. The SMILES string of the molecule is Cc1ccc2c(c1)N(C)/C(=C/C=C/c1sc3ccccc3[n+]1C)S2. The van der Waals surface area contributed by atoms with Gasteiger partial charge in [-0.1, -0.05) is 47.4 Å². The van der Waals surface area contributed by atoms with Gasteiger partial charge in [-0.15, -0.1) is 0 Å². The predicted octanol–water partition coefficient (Wildman–Crippen LogP) is 5.13. The Kier molecular flexibility index (Phi) is 3.94. The summed E-state index contributed by atoms with van der Waals surface area (Å²) in [4.78, 5) is 3.59. The van der Waals surface area contributed by atoms with Crippen molar-refractivity contribution in [3.05, 3.63) is 70.2 Å². The first kappa shape index (κ1) is 15.5. The molecule has 0 saturated heterocycles. The molecule has 2 nitrogen and oxygen atoms in total. The second-order valence-electron chi connectivity index (χ2n) is 5.96. The van der Waals surface area contributed by atoms with Crippen molar-refractivity contribution < 1.29 is 4.57 Å². The van der Waals surface area contributed by atoms with Crippen LogP contribution in [0.15, 0.2) is 64.5 Å². The van der Waals surface area contributed by atoms with Crippen LogP contribution in [-0.2, 0) is 7.05 Å². The van der Waals surface area contributed by atoms with E-state index in [1.807, 2.05) is 23.1 Å². The quantitative estimate of drug-likeness (QED) is 0.591. The molecule has 3 aromatic rings. The van der Waals surface area contributed by atoms with E-state index in [1.54, 1.807) is 0 Å². The summed E-state index contributed by atoms with van der Waals surface area (Å²) in [5, 5.41) is 2.52. The molecule has 1 aliphatic heterocycles. The Labute approximate surface area is 150 Å². The number of thioether (sulfide) groups is 1. The summed E-state index contributed by atoms with van der Waals surface area (Å²) in [5.41, 5.74) is 3.88. The first-order chi connectivity index (χ1) is 11.6. The molecule has 0 saturated carbocycles. The van der Waals surface area contributed by atoms with Crippen LogP contribution in [0.4, 0.5) is 5.69 Å². The lowest BCUT2D eigenvalue weighted by molar-refractivity contribution is -0.642. The fourth-order valence-electron chi connectivity index (χ4n) is 2.90. The van der Waals surface area contributed by atoms with Gasteiger partial charge in [-0.05, 0) is 36.8 Å². The molecule has 0 fully saturated rings. The molecule has 24 heavy (non-hydrogen) atoms. The number of para-hydroxylation sites is 1. The van der Waals surface area contributed by atoms with E-state index in [0.717, 1.165) is 0 Å². The van der Waals surface area contributed by atoms with Crippen LogP contribution in [-0.4, -0.2) is 7.05 Å². The number of allylic oxidation sites excluding steroid dienone is 2. The topological polar surface area (TPSA) is 7.12 Å². The van der Waals surface area contributed by atoms with Crippen LogP contribution < -0.4 is 9.47 Å². The van der Waals surface area contributed by atoms with E-state index in [-0.39, 0.29) is 0 Å². The van der Waals surface area contributed by atoms with Crippen molar-refractivity contribution in [2.24, 2.45) is 7.05 Å². The van der Waals surface area contributed by atoms with Gasteiger partial charge in [0, 0.05) is 24.1 Å². The molecule has 0 unspecified atom stereocenters. The smallest absolute Gasteiger partial charge is 0.262 e. The van der Waals surface area contributed by atoms with Crippen molar-refractivity contribution in [3.8, 4) is 0 Å². The first-order valence-corrected chi connectivity index (χ1v) is 9.55. The molecule has 0 spiro atoms. The summed E-state index contributed by atoms with van der Waals surface area (Å²) in [6, 6.07) is 15.2. The highest BCUT2D eigenvalue weighted by Gasteiger charge is 2.21. The van der Waals surface area contributed by atoms with Crippen LogP contribution in [0.25, 0.3) is 16.3 Å². The van der Waals surface area contributed by atoms with Crippen LogP contribution in [0.1, 0.15) is 10.6 Å². The van der Waals surface area contributed by atoms with Gasteiger partial charge in [0.1, 0.15) is 11.7 Å². The van der Waals surface area contributed by atoms with E-state index in [2.05, 4.69) is 91.2 Å². The number of aromatic nitrogens is 1. The van der Waals surface area contributed by atoms with Crippen molar-refractivity contribution in [2.45, 2.75) is 11.8 Å². The van der Waals surface area contributed by atoms with E-state index < -0.39 is 0 Å². The largest absolute Gasteiger partial charge is 0.338 e. The summed E-state index contributed by atoms with van der Waals surface area (Å²) < 4.78 is 3.57. The Bertz CT molecular complexity index is 982.